The molecule has 0 saturated heterocycles. The number of carbonyl (C=O) groups is 1. The summed E-state index contributed by atoms with van der Waals surface area (Å²) in [6.45, 7) is 3.14. The molecule has 158 valence electrons. The van der Waals surface area contributed by atoms with Crippen LogP contribution in [0.2, 0.25) is 0 Å². The van der Waals surface area contributed by atoms with E-state index in [2.05, 4.69) is 20.9 Å². The summed E-state index contributed by atoms with van der Waals surface area (Å²) in [5.41, 5.74) is 1.71. The summed E-state index contributed by atoms with van der Waals surface area (Å²) in [5.74, 6) is 0.901. The van der Waals surface area contributed by atoms with Crippen molar-refractivity contribution in [2.45, 2.75) is 19.4 Å². The van der Waals surface area contributed by atoms with Crippen molar-refractivity contribution < 1.29 is 13.9 Å². The van der Waals surface area contributed by atoms with E-state index in [0.29, 0.717) is 30.4 Å². The van der Waals surface area contributed by atoms with Crippen LogP contribution in [0.1, 0.15) is 22.8 Å². The minimum Gasteiger partial charge on any atom is -0.489 e. The highest BCUT2D eigenvalue weighted by Crippen LogP contribution is 2.12. The number of aliphatic imine (C=N–C) groups is 1. The van der Waals surface area contributed by atoms with Gasteiger partial charge in [0.2, 0.25) is 0 Å². The Hall–Kier alpha value is -2.36. The number of guanidine groups is 1. The van der Waals surface area contributed by atoms with Crippen LogP contribution in [0.5, 0.6) is 5.75 Å². The number of ether oxygens (including phenoxy) is 1. The van der Waals surface area contributed by atoms with E-state index in [1.54, 1.807) is 32.3 Å². The lowest BCUT2D eigenvalue weighted by Crippen LogP contribution is -2.42. The molecule has 1 atom stereocenters. The standard InChI is InChI=1S/C21H27FN4O2.HI/c1-15(28-19-9-7-18(22)8-10-19)14-26-21(24-3)25-12-11-16-5-4-6-17(13-16)20(27)23-2;/h4-10,13,15H,11-12,14H2,1-3H3,(H,23,27)(H2,24,25,26);1H. The molecule has 29 heavy (non-hydrogen) atoms. The molecule has 8 heteroatoms. The minimum absolute atomic E-state index is 0. The number of rotatable bonds is 8. The van der Waals surface area contributed by atoms with Gasteiger partial charge in [-0.15, -0.1) is 24.0 Å². The molecule has 2 rings (SSSR count). The molecule has 0 bridgehead atoms. The summed E-state index contributed by atoms with van der Waals surface area (Å²) in [5, 5.41) is 9.07. The van der Waals surface area contributed by atoms with Crippen LogP contribution in [-0.2, 0) is 6.42 Å². The minimum atomic E-state index is -0.288. The molecule has 0 aliphatic rings. The molecule has 0 saturated carbocycles. The van der Waals surface area contributed by atoms with Crippen LogP contribution in [0, 0.1) is 5.82 Å². The van der Waals surface area contributed by atoms with E-state index < -0.39 is 0 Å². The fourth-order valence-corrected chi connectivity index (χ4v) is 2.59. The normalized spacial score (nSPS) is 11.8. The third-order valence-electron chi connectivity index (χ3n) is 4.05. The number of hydrogen-bond acceptors (Lipinski definition) is 3. The first-order valence-electron chi connectivity index (χ1n) is 9.19. The second kappa shape index (κ2) is 13.0. The van der Waals surface area contributed by atoms with Gasteiger partial charge in [-0.25, -0.2) is 4.39 Å². The van der Waals surface area contributed by atoms with Gasteiger partial charge >= 0.3 is 0 Å². The first kappa shape index (κ1) is 24.7. The average molecular weight is 514 g/mol. The van der Waals surface area contributed by atoms with E-state index in [0.717, 1.165) is 12.0 Å². The van der Waals surface area contributed by atoms with Crippen LogP contribution in [0.25, 0.3) is 0 Å². The molecule has 2 aromatic rings. The molecule has 2 aromatic carbocycles. The van der Waals surface area contributed by atoms with Gasteiger partial charge in [-0.3, -0.25) is 9.79 Å². The number of carbonyl (C=O) groups excluding carboxylic acids is 1. The maximum Gasteiger partial charge on any atom is 0.251 e. The smallest absolute Gasteiger partial charge is 0.251 e. The molecule has 0 aromatic heterocycles. The van der Waals surface area contributed by atoms with Crippen molar-refractivity contribution in [1.29, 1.82) is 0 Å². The van der Waals surface area contributed by atoms with E-state index in [4.69, 9.17) is 4.74 Å². The fourth-order valence-electron chi connectivity index (χ4n) is 2.59. The quantitative estimate of drug-likeness (QED) is 0.288. The molecule has 3 N–H and O–H groups in total. The van der Waals surface area contributed by atoms with Gasteiger partial charge in [0.05, 0.1) is 6.54 Å². The van der Waals surface area contributed by atoms with Gasteiger partial charge in [-0.1, -0.05) is 12.1 Å². The van der Waals surface area contributed by atoms with Gasteiger partial charge in [-0.05, 0) is 55.3 Å². The zero-order valence-corrected chi connectivity index (χ0v) is 19.2. The SMILES string of the molecule is CN=C(NCCc1cccc(C(=O)NC)c1)NCC(C)Oc1ccc(F)cc1.I. The highest BCUT2D eigenvalue weighted by Gasteiger charge is 2.07. The van der Waals surface area contributed by atoms with Gasteiger partial charge in [0.15, 0.2) is 5.96 Å². The van der Waals surface area contributed by atoms with E-state index in [1.165, 1.54) is 12.1 Å². The molecule has 0 aliphatic carbocycles. The van der Waals surface area contributed by atoms with E-state index >= 15 is 0 Å². The zero-order chi connectivity index (χ0) is 20.4. The third-order valence-corrected chi connectivity index (χ3v) is 4.05. The predicted molar refractivity (Wildman–Crippen MR) is 125 cm³/mol. The van der Waals surface area contributed by atoms with E-state index in [9.17, 15) is 9.18 Å². The summed E-state index contributed by atoms with van der Waals surface area (Å²) in [4.78, 5) is 15.9. The molecule has 0 aliphatic heterocycles. The topological polar surface area (TPSA) is 74.8 Å². The lowest BCUT2D eigenvalue weighted by atomic mass is 10.1. The summed E-state index contributed by atoms with van der Waals surface area (Å²) in [6, 6.07) is 13.5. The maximum absolute atomic E-state index is 12.9. The summed E-state index contributed by atoms with van der Waals surface area (Å²) < 4.78 is 18.7. The van der Waals surface area contributed by atoms with E-state index in [1.807, 2.05) is 25.1 Å². The Labute approximate surface area is 188 Å². The second-order valence-corrected chi connectivity index (χ2v) is 6.29. The summed E-state index contributed by atoms with van der Waals surface area (Å²) in [6.07, 6.45) is 0.640. The first-order chi connectivity index (χ1) is 13.5. The van der Waals surface area contributed by atoms with Crippen molar-refractivity contribution >= 4 is 35.8 Å². The van der Waals surface area contributed by atoms with Crippen molar-refractivity contribution in [2.24, 2.45) is 4.99 Å². The molecule has 1 unspecified atom stereocenters. The average Bonchev–Trinajstić information content (AvgIpc) is 2.71. The molecule has 0 spiro atoms. The van der Waals surface area contributed by atoms with Gasteiger partial charge in [-0.2, -0.15) is 0 Å². The summed E-state index contributed by atoms with van der Waals surface area (Å²) >= 11 is 0. The molecule has 0 heterocycles. The van der Waals surface area contributed by atoms with Crippen molar-refractivity contribution in [2.75, 3.05) is 27.2 Å². The Kier molecular flexibility index (Phi) is 11.0. The second-order valence-electron chi connectivity index (χ2n) is 6.29. The van der Waals surface area contributed by atoms with Gasteiger partial charge in [0, 0.05) is 26.2 Å². The maximum atomic E-state index is 12.9. The lowest BCUT2D eigenvalue weighted by molar-refractivity contribution is 0.0963. The Balaban J connectivity index is 0.00000420. The molecule has 0 fully saturated rings. The molecule has 1 amide bonds. The van der Waals surface area contributed by atoms with Gasteiger partial charge in [0.1, 0.15) is 17.7 Å². The third kappa shape index (κ3) is 8.68. The molecule has 0 radical (unpaired) electrons. The van der Waals surface area contributed by atoms with Gasteiger partial charge < -0.3 is 20.7 Å². The molecular formula is C21H28FIN4O2. The largest absolute Gasteiger partial charge is 0.489 e. The number of halogens is 2. The van der Waals surface area contributed by atoms with Crippen molar-refractivity contribution in [3.05, 3.63) is 65.5 Å². The number of benzene rings is 2. The molecule has 6 nitrogen and oxygen atoms in total. The van der Waals surface area contributed by atoms with Crippen LogP contribution in [0.3, 0.4) is 0 Å². The fraction of sp³-hybridized carbons (Fsp3) is 0.333. The van der Waals surface area contributed by atoms with Crippen LogP contribution in [0.15, 0.2) is 53.5 Å². The predicted octanol–water partition coefficient (Wildman–Crippen LogP) is 2.98. The zero-order valence-electron chi connectivity index (χ0n) is 16.9. The highest BCUT2D eigenvalue weighted by molar-refractivity contribution is 14.0. The van der Waals surface area contributed by atoms with Gasteiger partial charge in [0.25, 0.3) is 5.91 Å². The number of nitrogens with zero attached hydrogens (tertiary/aromatic N) is 1. The number of amides is 1. The Morgan fingerprint density at radius 1 is 1.17 bits per heavy atom. The number of hydrogen-bond donors (Lipinski definition) is 3. The monoisotopic (exact) mass is 514 g/mol. The lowest BCUT2D eigenvalue weighted by Gasteiger charge is -2.18. The number of nitrogens with one attached hydrogen (secondary N) is 3. The van der Waals surface area contributed by atoms with Crippen molar-refractivity contribution in [1.82, 2.24) is 16.0 Å². The highest BCUT2D eigenvalue weighted by atomic mass is 127. The first-order valence-corrected chi connectivity index (χ1v) is 9.19. The Morgan fingerprint density at radius 3 is 2.55 bits per heavy atom. The Morgan fingerprint density at radius 2 is 1.90 bits per heavy atom. The Bertz CT molecular complexity index is 800. The van der Waals surface area contributed by atoms with Crippen LogP contribution in [-0.4, -0.2) is 45.2 Å². The van der Waals surface area contributed by atoms with Crippen LogP contribution >= 0.6 is 24.0 Å². The van der Waals surface area contributed by atoms with Crippen LogP contribution < -0.4 is 20.7 Å². The summed E-state index contributed by atoms with van der Waals surface area (Å²) in [7, 11) is 3.32. The van der Waals surface area contributed by atoms with Crippen molar-refractivity contribution in [3.63, 3.8) is 0 Å². The molecular weight excluding hydrogens is 486 g/mol. The van der Waals surface area contributed by atoms with Crippen molar-refractivity contribution in [3.8, 4) is 5.75 Å². The van der Waals surface area contributed by atoms with E-state index in [-0.39, 0.29) is 41.8 Å². The van der Waals surface area contributed by atoms with Crippen LogP contribution in [0.4, 0.5) is 4.39 Å².